The van der Waals surface area contributed by atoms with Gasteiger partial charge in [-0.05, 0) is 84.6 Å². The van der Waals surface area contributed by atoms with Crippen molar-refractivity contribution in [2.75, 3.05) is 12.0 Å². The van der Waals surface area contributed by atoms with Crippen molar-refractivity contribution in [3.8, 4) is 22.9 Å². The lowest BCUT2D eigenvalue weighted by Crippen LogP contribution is -2.22. The van der Waals surface area contributed by atoms with Gasteiger partial charge in [0.15, 0.2) is 0 Å². The molecule has 0 aliphatic heterocycles. The first-order valence-electron chi connectivity index (χ1n) is 15.2. The Balaban J connectivity index is 1.34. The average Bonchev–Trinajstić information content (AvgIpc) is 3.44. The van der Waals surface area contributed by atoms with Gasteiger partial charge >= 0.3 is 12.3 Å². The van der Waals surface area contributed by atoms with Crippen LogP contribution in [0.4, 0.5) is 18.9 Å². The molecule has 0 bridgehead atoms. The Morgan fingerprint density at radius 1 is 0.891 bits per heavy atom. The fourth-order valence-electron chi connectivity index (χ4n) is 6.22. The maximum absolute atomic E-state index is 12.7. The summed E-state index contributed by atoms with van der Waals surface area (Å²) in [5.41, 5.74) is 5.46. The first kappa shape index (κ1) is 31.0. The van der Waals surface area contributed by atoms with E-state index in [0.717, 1.165) is 59.4 Å². The topological polar surface area (TPSA) is 76.8 Å². The van der Waals surface area contributed by atoms with Crippen molar-refractivity contribution >= 4 is 22.7 Å². The minimum Gasteiger partial charge on any atom is -0.497 e. The molecular formula is C36H34F3N3O4. The number of benzene rings is 4. The van der Waals surface area contributed by atoms with E-state index in [-0.39, 0.29) is 17.4 Å². The van der Waals surface area contributed by atoms with Gasteiger partial charge in [0.2, 0.25) is 0 Å². The molecule has 0 radical (unpaired) electrons. The van der Waals surface area contributed by atoms with Crippen molar-refractivity contribution in [1.29, 1.82) is 0 Å². The summed E-state index contributed by atoms with van der Waals surface area (Å²) in [6.07, 6.45) is 0.802. The third-order valence-corrected chi connectivity index (χ3v) is 8.40. The van der Waals surface area contributed by atoms with Gasteiger partial charge in [-0.15, -0.1) is 13.2 Å². The van der Waals surface area contributed by atoms with E-state index in [1.807, 2.05) is 48.5 Å². The van der Waals surface area contributed by atoms with Gasteiger partial charge in [-0.2, -0.15) is 0 Å². The van der Waals surface area contributed by atoms with Crippen LogP contribution < -0.4 is 14.4 Å². The number of ether oxygens (including phenoxy) is 2. The van der Waals surface area contributed by atoms with Crippen LogP contribution >= 0.6 is 0 Å². The fourth-order valence-corrected chi connectivity index (χ4v) is 6.22. The monoisotopic (exact) mass is 629 g/mol. The van der Waals surface area contributed by atoms with E-state index in [0.29, 0.717) is 24.4 Å². The van der Waals surface area contributed by atoms with Crippen molar-refractivity contribution in [3.05, 3.63) is 108 Å². The van der Waals surface area contributed by atoms with E-state index in [2.05, 4.69) is 20.3 Å². The number of aromatic carboxylic acids is 1. The second-order valence-electron chi connectivity index (χ2n) is 11.6. The lowest BCUT2D eigenvalue weighted by Gasteiger charge is -2.27. The number of methoxy groups -OCH3 is 1. The Hall–Kier alpha value is -4.99. The summed E-state index contributed by atoms with van der Waals surface area (Å²) in [5, 5.41) is 9.60. The molecule has 0 saturated heterocycles. The number of fused-ring (bicyclic) bond motifs is 1. The number of imidazole rings is 1. The zero-order valence-corrected chi connectivity index (χ0v) is 25.3. The number of alkyl halides is 3. The van der Waals surface area contributed by atoms with E-state index in [1.165, 1.54) is 18.6 Å². The van der Waals surface area contributed by atoms with Crippen molar-refractivity contribution in [1.82, 2.24) is 9.55 Å². The van der Waals surface area contributed by atoms with Gasteiger partial charge < -0.3 is 24.0 Å². The molecule has 0 amide bonds. The molecule has 1 aliphatic carbocycles. The first-order valence-corrected chi connectivity index (χ1v) is 15.2. The maximum atomic E-state index is 12.7. The van der Waals surface area contributed by atoms with Gasteiger partial charge in [0.25, 0.3) is 0 Å². The van der Waals surface area contributed by atoms with Gasteiger partial charge in [-0.1, -0.05) is 49.6 Å². The van der Waals surface area contributed by atoms with E-state index in [9.17, 15) is 23.1 Å². The summed E-state index contributed by atoms with van der Waals surface area (Å²) < 4.78 is 49.8. The summed E-state index contributed by atoms with van der Waals surface area (Å²) in [7, 11) is 1.60. The number of aromatic nitrogens is 2. The lowest BCUT2D eigenvalue weighted by atomic mass is 9.94. The maximum Gasteiger partial charge on any atom is 0.573 e. The van der Waals surface area contributed by atoms with Crippen molar-refractivity contribution in [2.45, 2.75) is 57.6 Å². The molecule has 46 heavy (non-hydrogen) atoms. The van der Waals surface area contributed by atoms with Crippen LogP contribution in [-0.4, -0.2) is 34.1 Å². The quantitative estimate of drug-likeness (QED) is 0.166. The lowest BCUT2D eigenvalue weighted by molar-refractivity contribution is -0.274. The van der Waals surface area contributed by atoms with Crippen LogP contribution in [0.2, 0.25) is 0 Å². The third kappa shape index (κ3) is 7.11. The molecule has 1 aliphatic rings. The molecular weight excluding hydrogens is 595 g/mol. The Labute approximate surface area is 264 Å². The summed E-state index contributed by atoms with van der Waals surface area (Å²) in [4.78, 5) is 18.8. The second kappa shape index (κ2) is 13.2. The molecule has 10 heteroatoms. The van der Waals surface area contributed by atoms with Crippen molar-refractivity contribution in [2.24, 2.45) is 0 Å². The Kier molecular flexibility index (Phi) is 8.87. The summed E-state index contributed by atoms with van der Waals surface area (Å²) in [6.45, 7) is 0.940. The van der Waals surface area contributed by atoms with Gasteiger partial charge in [-0.3, -0.25) is 0 Å². The molecule has 1 fully saturated rings. The number of carbonyl (C=O) groups is 1. The smallest absolute Gasteiger partial charge is 0.497 e. The number of carboxylic acid groups (broad SMARTS) is 1. The molecule has 1 N–H and O–H groups in total. The van der Waals surface area contributed by atoms with Crippen LogP contribution in [0, 0.1) is 0 Å². The highest BCUT2D eigenvalue weighted by Gasteiger charge is 2.31. The number of carboxylic acids is 1. The highest BCUT2D eigenvalue weighted by molar-refractivity contribution is 5.93. The molecule has 0 atom stereocenters. The van der Waals surface area contributed by atoms with Crippen molar-refractivity contribution in [3.63, 3.8) is 0 Å². The van der Waals surface area contributed by atoms with Crippen LogP contribution in [0.1, 0.15) is 59.6 Å². The van der Waals surface area contributed by atoms with Gasteiger partial charge in [0.05, 0.1) is 23.7 Å². The molecule has 1 heterocycles. The minimum absolute atomic E-state index is 0.203. The first-order chi connectivity index (χ1) is 22.2. The molecule has 5 aromatic rings. The molecule has 1 aromatic heterocycles. The van der Waals surface area contributed by atoms with Crippen LogP contribution in [0.25, 0.3) is 22.4 Å². The molecule has 238 valence electrons. The second-order valence-corrected chi connectivity index (χ2v) is 11.6. The zero-order valence-electron chi connectivity index (χ0n) is 25.3. The predicted octanol–water partition coefficient (Wildman–Crippen LogP) is 9.02. The zero-order chi connectivity index (χ0) is 32.3. The van der Waals surface area contributed by atoms with E-state index >= 15 is 0 Å². The summed E-state index contributed by atoms with van der Waals surface area (Å²) >= 11 is 0. The summed E-state index contributed by atoms with van der Waals surface area (Å²) in [5.74, 6) is 0.268. The molecule has 0 unspecified atom stereocenters. The van der Waals surface area contributed by atoms with Crippen LogP contribution in [-0.2, 0) is 13.1 Å². The molecule has 4 aromatic carbocycles. The van der Waals surface area contributed by atoms with E-state index < -0.39 is 12.3 Å². The van der Waals surface area contributed by atoms with Gasteiger partial charge in [-0.25, -0.2) is 9.78 Å². The van der Waals surface area contributed by atoms with Gasteiger partial charge in [0, 0.05) is 30.4 Å². The number of anilines is 1. The Morgan fingerprint density at radius 3 is 2.26 bits per heavy atom. The van der Waals surface area contributed by atoms with Crippen molar-refractivity contribution < 1.29 is 32.5 Å². The largest absolute Gasteiger partial charge is 0.573 e. The minimum atomic E-state index is -4.75. The Bertz CT molecular complexity index is 1810. The Morgan fingerprint density at radius 2 is 1.59 bits per heavy atom. The van der Waals surface area contributed by atoms with Crippen LogP contribution in [0.3, 0.4) is 0 Å². The molecule has 6 rings (SSSR count). The number of hydrogen-bond donors (Lipinski definition) is 1. The molecule has 0 spiro atoms. The van der Waals surface area contributed by atoms with E-state index in [4.69, 9.17) is 9.72 Å². The predicted molar refractivity (Wildman–Crippen MR) is 170 cm³/mol. The number of nitrogens with zero attached hydrogens (tertiary/aromatic N) is 3. The number of rotatable bonds is 10. The number of hydrogen-bond acceptors (Lipinski definition) is 5. The summed E-state index contributed by atoms with van der Waals surface area (Å²) in [6, 6.07) is 27.1. The van der Waals surface area contributed by atoms with E-state index in [1.54, 1.807) is 31.4 Å². The fraction of sp³-hybridized carbons (Fsp3) is 0.278. The third-order valence-electron chi connectivity index (χ3n) is 8.40. The average molecular weight is 630 g/mol. The van der Waals surface area contributed by atoms with Crippen LogP contribution in [0.15, 0.2) is 91.0 Å². The van der Waals surface area contributed by atoms with Gasteiger partial charge in [0.1, 0.15) is 17.3 Å². The normalized spacial score (nSPS) is 13.9. The number of halogens is 3. The SMILES string of the molecule is COc1ccc(N(Cc2ccc(OC(F)(F)F)cc2)Cc2cccc(-c3nc4cc(C(=O)O)ccc4n3C3CCCCC3)c2)cc1. The standard InChI is InChI=1S/C36H34F3N3O4/c1-45-30-17-13-28(14-18-30)41(22-24-10-15-31(16-11-24)46-36(37,38)39)23-25-6-5-7-26(20-25)34-40-32-21-27(35(43)44)12-19-33(32)42(34)29-8-3-2-4-9-29/h5-7,10-21,29H,2-4,8-9,22-23H2,1H3,(H,43,44). The highest BCUT2D eigenvalue weighted by atomic mass is 19.4. The van der Waals surface area contributed by atoms with Crippen LogP contribution in [0.5, 0.6) is 11.5 Å². The highest BCUT2D eigenvalue weighted by Crippen LogP contribution is 2.37. The molecule has 7 nitrogen and oxygen atoms in total. The molecule has 1 saturated carbocycles.